The van der Waals surface area contributed by atoms with Crippen LogP contribution in [0.3, 0.4) is 0 Å². The molecule has 0 radical (unpaired) electrons. The number of hydrogen-bond acceptors (Lipinski definition) is 3. The Morgan fingerprint density at radius 1 is 1.42 bits per heavy atom. The van der Waals surface area contributed by atoms with Crippen LogP contribution >= 0.6 is 0 Å². The largest absolute Gasteiger partial charge is 0.259 e. The predicted molar refractivity (Wildman–Crippen MR) is 44.0 cm³/mol. The molecule has 12 heavy (non-hydrogen) atoms. The summed E-state index contributed by atoms with van der Waals surface area (Å²) in [7, 11) is 0. The van der Waals surface area contributed by atoms with Gasteiger partial charge in [-0.25, -0.2) is 0 Å². The number of benzene rings is 1. The Morgan fingerprint density at radius 2 is 2.00 bits per heavy atom. The van der Waals surface area contributed by atoms with Gasteiger partial charge in [-0.1, -0.05) is 0 Å². The van der Waals surface area contributed by atoms with Gasteiger partial charge in [-0.3, -0.25) is 15.5 Å². The molecule has 0 unspecified atom stereocenters. The molecule has 1 rings (SSSR count). The van der Waals surface area contributed by atoms with Crippen molar-refractivity contribution in [1.82, 2.24) is 0 Å². The highest BCUT2D eigenvalue weighted by Gasteiger charge is 1.86. The van der Waals surface area contributed by atoms with Gasteiger partial charge >= 0.3 is 0 Å². The summed E-state index contributed by atoms with van der Waals surface area (Å²) in [4.78, 5) is 9.51. The van der Waals surface area contributed by atoms with Gasteiger partial charge in [0.1, 0.15) is 0 Å². The monoisotopic (exact) mass is 162 g/mol. The lowest BCUT2D eigenvalue weighted by atomic mass is 10.3. The molecule has 0 aromatic heterocycles. The maximum atomic E-state index is 10.0. The van der Waals surface area contributed by atoms with E-state index in [1.165, 1.54) is 0 Å². The van der Waals surface area contributed by atoms with Crippen LogP contribution in [-0.2, 0) is 0 Å². The molecular weight excluding hydrogens is 156 g/mol. The molecule has 4 heteroatoms. The van der Waals surface area contributed by atoms with E-state index >= 15 is 0 Å². The molecular formula is C8H6N2O2. The van der Waals surface area contributed by atoms with Crippen LogP contribution in [0.25, 0.3) is 6.20 Å². The first-order valence-electron chi connectivity index (χ1n) is 3.23. The van der Waals surface area contributed by atoms with E-state index in [0.717, 1.165) is 6.20 Å². The second kappa shape index (κ2) is 3.46. The van der Waals surface area contributed by atoms with Gasteiger partial charge in [0.25, 0.3) is 0 Å². The van der Waals surface area contributed by atoms with Crippen LogP contribution in [0, 0.1) is 15.5 Å². The second-order valence-corrected chi connectivity index (χ2v) is 2.16. The normalized spacial score (nSPS) is 8.67. The van der Waals surface area contributed by atoms with Crippen molar-refractivity contribution in [2.45, 2.75) is 0 Å². The average Bonchev–Trinajstić information content (AvgIpc) is 2.05. The standard InChI is InChI=1S/C8H6N2O2/c9-5-7-1-3-8(4-2-7)6-10(11)12/h1-4,6,9H. The maximum Gasteiger partial charge on any atom is 0.241 e. The van der Waals surface area contributed by atoms with Crippen molar-refractivity contribution in [2.24, 2.45) is 0 Å². The molecule has 0 aliphatic heterocycles. The maximum absolute atomic E-state index is 10.0. The lowest BCUT2D eigenvalue weighted by molar-refractivity contribution is -0.363. The SMILES string of the molecule is N=C=c1ccc(=C[N+](=O)[O-])cc1. The van der Waals surface area contributed by atoms with Gasteiger partial charge in [0.05, 0.1) is 4.92 Å². The second-order valence-electron chi connectivity index (χ2n) is 2.16. The van der Waals surface area contributed by atoms with Crippen molar-refractivity contribution in [1.29, 1.82) is 5.41 Å². The highest BCUT2D eigenvalue weighted by Crippen LogP contribution is 1.70. The predicted octanol–water partition coefficient (Wildman–Crippen LogP) is -0.379. The first-order valence-corrected chi connectivity index (χ1v) is 3.23. The van der Waals surface area contributed by atoms with Crippen molar-refractivity contribution in [2.75, 3.05) is 0 Å². The fraction of sp³-hybridized carbons (Fsp3) is 0. The zero-order valence-electron chi connectivity index (χ0n) is 6.15. The van der Waals surface area contributed by atoms with Crippen molar-refractivity contribution < 1.29 is 4.92 Å². The molecule has 0 aliphatic rings. The van der Waals surface area contributed by atoms with Gasteiger partial charge in [-0.05, 0) is 30.1 Å². The van der Waals surface area contributed by atoms with E-state index in [1.54, 1.807) is 24.3 Å². The molecule has 0 heterocycles. The summed E-state index contributed by atoms with van der Waals surface area (Å²) in [5, 5.41) is 17.9. The third-order valence-electron chi connectivity index (χ3n) is 1.31. The number of rotatable bonds is 1. The van der Waals surface area contributed by atoms with Crippen LogP contribution in [0.5, 0.6) is 0 Å². The van der Waals surface area contributed by atoms with E-state index in [0.29, 0.717) is 10.4 Å². The summed E-state index contributed by atoms with van der Waals surface area (Å²) < 4.78 is 0. The van der Waals surface area contributed by atoms with Crippen molar-refractivity contribution >= 4 is 12.1 Å². The molecule has 1 aromatic carbocycles. The minimum absolute atomic E-state index is 0.511. The fourth-order valence-electron chi connectivity index (χ4n) is 0.774. The Labute approximate surface area is 68.1 Å². The van der Waals surface area contributed by atoms with Gasteiger partial charge in [-0.2, -0.15) is 0 Å². The van der Waals surface area contributed by atoms with Crippen molar-refractivity contribution in [3.63, 3.8) is 0 Å². The quantitative estimate of drug-likeness (QED) is 0.347. The Balaban J connectivity index is 3.26. The first kappa shape index (κ1) is 8.17. The molecule has 1 aromatic rings. The Morgan fingerprint density at radius 3 is 2.42 bits per heavy atom. The molecule has 0 saturated heterocycles. The molecule has 1 N–H and O–H groups in total. The van der Waals surface area contributed by atoms with Gasteiger partial charge in [0.15, 0.2) is 0 Å². The highest BCUT2D eigenvalue weighted by molar-refractivity contribution is 5.47. The lowest BCUT2D eigenvalue weighted by Crippen LogP contribution is -2.09. The van der Waals surface area contributed by atoms with Crippen molar-refractivity contribution in [3.8, 4) is 0 Å². The summed E-state index contributed by atoms with van der Waals surface area (Å²) in [5.41, 5.74) is 0. The molecule has 0 fully saturated rings. The van der Waals surface area contributed by atoms with Crippen molar-refractivity contribution in [3.05, 3.63) is 44.8 Å². The summed E-state index contributed by atoms with van der Waals surface area (Å²) >= 11 is 0. The van der Waals surface area contributed by atoms with Crippen LogP contribution < -0.4 is 10.4 Å². The molecule has 0 amide bonds. The molecule has 0 atom stereocenters. The molecule has 60 valence electrons. The van der Waals surface area contributed by atoms with Gasteiger partial charge in [0, 0.05) is 10.4 Å². The third-order valence-corrected chi connectivity index (χ3v) is 1.31. The van der Waals surface area contributed by atoms with E-state index in [-0.39, 0.29) is 0 Å². The average molecular weight is 162 g/mol. The minimum atomic E-state index is -0.511. The minimum Gasteiger partial charge on any atom is -0.259 e. The van der Waals surface area contributed by atoms with Crippen LogP contribution in [-0.4, -0.2) is 10.8 Å². The Kier molecular flexibility index (Phi) is 2.35. The summed E-state index contributed by atoms with van der Waals surface area (Å²) in [6.07, 6.45) is 0.910. The fourth-order valence-corrected chi connectivity index (χ4v) is 0.774. The molecule has 0 bridgehead atoms. The van der Waals surface area contributed by atoms with Gasteiger partial charge < -0.3 is 0 Å². The van der Waals surface area contributed by atoms with Crippen LogP contribution in [0.1, 0.15) is 0 Å². The van der Waals surface area contributed by atoms with Gasteiger partial charge in [0.2, 0.25) is 6.20 Å². The van der Waals surface area contributed by atoms with E-state index in [1.807, 2.05) is 0 Å². The first-order chi connectivity index (χ1) is 5.72. The van der Waals surface area contributed by atoms with Gasteiger partial charge in [-0.15, -0.1) is 0 Å². The van der Waals surface area contributed by atoms with E-state index in [4.69, 9.17) is 5.41 Å². The topological polar surface area (TPSA) is 67.0 Å². The lowest BCUT2D eigenvalue weighted by Gasteiger charge is -1.81. The highest BCUT2D eigenvalue weighted by atomic mass is 16.6. The molecule has 4 nitrogen and oxygen atoms in total. The summed E-state index contributed by atoms with van der Waals surface area (Å²) in [5.74, 6) is 2.17. The van der Waals surface area contributed by atoms with E-state index < -0.39 is 4.92 Å². The van der Waals surface area contributed by atoms with E-state index in [9.17, 15) is 10.1 Å². The molecule has 0 spiro atoms. The molecule has 0 aliphatic carbocycles. The zero-order chi connectivity index (χ0) is 8.97. The number of nitrogens with one attached hydrogen (secondary N) is 1. The number of nitro groups is 1. The number of hydrogen-bond donors (Lipinski definition) is 1. The summed E-state index contributed by atoms with van der Waals surface area (Å²) in [6, 6.07) is 6.34. The van der Waals surface area contributed by atoms with Crippen LogP contribution in [0.15, 0.2) is 24.3 Å². The summed E-state index contributed by atoms with van der Waals surface area (Å²) in [6.45, 7) is 0. The zero-order valence-corrected chi connectivity index (χ0v) is 6.15. The third kappa shape index (κ3) is 2.04. The van der Waals surface area contributed by atoms with Crippen LogP contribution in [0.2, 0.25) is 0 Å². The molecule has 0 saturated carbocycles. The Bertz CT molecular complexity index is 409. The van der Waals surface area contributed by atoms with E-state index in [2.05, 4.69) is 5.87 Å². The Hall–Kier alpha value is -1.93. The van der Waals surface area contributed by atoms with Crippen LogP contribution in [0.4, 0.5) is 0 Å². The smallest absolute Gasteiger partial charge is 0.241 e. The number of nitrogens with zero attached hydrogens (tertiary/aromatic N) is 1.